The number of aromatic nitrogens is 1. The number of fused-ring (bicyclic) bond motifs is 5. The van der Waals surface area contributed by atoms with E-state index in [1.165, 1.54) is 12.8 Å². The van der Waals surface area contributed by atoms with Gasteiger partial charge in [-0.15, -0.1) is 0 Å². The van der Waals surface area contributed by atoms with Gasteiger partial charge in [-0.1, -0.05) is 24.6 Å². The number of Topliss-reactive ketones (excluding diaryl/α,β-unsaturated/α-hetero) is 1. The molecule has 5 atom stereocenters. The van der Waals surface area contributed by atoms with Crippen LogP contribution in [-0.2, 0) is 22.6 Å². The zero-order valence-corrected chi connectivity index (χ0v) is 20.7. The van der Waals surface area contributed by atoms with Gasteiger partial charge in [-0.25, -0.2) is 4.98 Å². The van der Waals surface area contributed by atoms with Gasteiger partial charge < -0.3 is 14.2 Å². The maximum atomic E-state index is 12.6. The Morgan fingerprint density at radius 1 is 1.12 bits per heavy atom. The van der Waals surface area contributed by atoms with E-state index < -0.39 is 0 Å². The number of oxime groups is 1. The highest BCUT2D eigenvalue weighted by Gasteiger charge is 2.58. The number of allylic oxidation sites excluding steroid dienone is 2. The second kappa shape index (κ2) is 8.68. The molecule has 1 aromatic heterocycles. The number of oxazole rings is 1. The highest BCUT2D eigenvalue weighted by atomic mass is 16.6. The molecule has 3 fully saturated rings. The molecule has 6 heteroatoms. The zero-order valence-electron chi connectivity index (χ0n) is 20.7. The van der Waals surface area contributed by atoms with Gasteiger partial charge >= 0.3 is 0 Å². The molecule has 0 amide bonds. The van der Waals surface area contributed by atoms with Crippen LogP contribution in [0.4, 0.5) is 0 Å². The molecule has 5 unspecified atom stereocenters. The minimum Gasteiger partial charge on any atom is -0.444 e. The van der Waals surface area contributed by atoms with Crippen molar-refractivity contribution in [3.05, 3.63) is 29.5 Å². The minimum absolute atomic E-state index is 0.0378. The lowest BCUT2D eigenvalue weighted by molar-refractivity contribution is -0.132. The molecule has 0 saturated heterocycles. The largest absolute Gasteiger partial charge is 0.444 e. The summed E-state index contributed by atoms with van der Waals surface area (Å²) in [4.78, 5) is 24.7. The van der Waals surface area contributed by atoms with Crippen molar-refractivity contribution in [1.29, 1.82) is 0 Å². The summed E-state index contributed by atoms with van der Waals surface area (Å²) in [5.74, 6) is 4.14. The number of ketones is 1. The van der Waals surface area contributed by atoms with E-state index in [-0.39, 0.29) is 10.8 Å². The van der Waals surface area contributed by atoms with Gasteiger partial charge in [-0.2, -0.15) is 0 Å². The SMILES string of the molecule is CN(C)Cc1cnc(CCON=C2C=C3CCC4C5CCC(=O)C5(C)CCC4C3(C)CC2)o1. The Bertz CT molecular complexity index is 964. The summed E-state index contributed by atoms with van der Waals surface area (Å²) in [5.41, 5.74) is 2.85. The molecule has 3 saturated carbocycles. The number of carbonyl (C=O) groups excluding carboxylic acids is 1. The average Bonchev–Trinajstić information content (AvgIpc) is 3.34. The van der Waals surface area contributed by atoms with Crippen LogP contribution < -0.4 is 0 Å². The van der Waals surface area contributed by atoms with Crippen LogP contribution in [0.25, 0.3) is 0 Å². The van der Waals surface area contributed by atoms with Crippen molar-refractivity contribution in [2.75, 3.05) is 20.7 Å². The van der Waals surface area contributed by atoms with Crippen molar-refractivity contribution in [3.63, 3.8) is 0 Å². The second-order valence-electron chi connectivity index (χ2n) is 11.5. The third-order valence-corrected chi connectivity index (χ3v) is 9.35. The van der Waals surface area contributed by atoms with Crippen LogP contribution in [0, 0.1) is 28.6 Å². The topological polar surface area (TPSA) is 67.9 Å². The molecule has 0 aromatic carbocycles. The molecule has 0 bridgehead atoms. The molecule has 0 aliphatic heterocycles. The smallest absolute Gasteiger partial charge is 0.197 e. The molecule has 1 heterocycles. The monoisotopic (exact) mass is 453 g/mol. The fourth-order valence-corrected chi connectivity index (χ4v) is 7.52. The van der Waals surface area contributed by atoms with Crippen LogP contribution in [0.5, 0.6) is 0 Å². The van der Waals surface area contributed by atoms with E-state index in [9.17, 15) is 4.79 Å². The predicted octanol–water partition coefficient (Wildman–Crippen LogP) is 5.18. The number of carbonyl (C=O) groups is 1. The standard InChI is InChI=1S/C27H39N3O3/c1-26-12-9-19(29-32-14-11-25-28-16-20(33-25)17-30(3)4)15-18(26)5-6-21-22-7-8-24(31)27(22,2)13-10-23(21)26/h15-16,21-23H,5-14,17H2,1-4H3. The molecule has 0 N–H and O–H groups in total. The Labute approximate surface area is 197 Å². The highest BCUT2D eigenvalue weighted by molar-refractivity contribution is 5.96. The lowest BCUT2D eigenvalue weighted by atomic mass is 9.47. The Hall–Kier alpha value is -1.95. The van der Waals surface area contributed by atoms with Gasteiger partial charge in [0.05, 0.1) is 24.9 Å². The van der Waals surface area contributed by atoms with Gasteiger partial charge in [0.2, 0.25) is 0 Å². The van der Waals surface area contributed by atoms with Crippen LogP contribution in [0.2, 0.25) is 0 Å². The third-order valence-electron chi connectivity index (χ3n) is 9.35. The van der Waals surface area contributed by atoms with E-state index in [1.54, 1.807) is 11.8 Å². The molecule has 1 aromatic rings. The summed E-state index contributed by atoms with van der Waals surface area (Å²) in [7, 11) is 4.02. The van der Waals surface area contributed by atoms with E-state index in [0.717, 1.165) is 56.5 Å². The summed E-state index contributed by atoms with van der Waals surface area (Å²) in [6, 6.07) is 0. The Balaban J connectivity index is 1.20. The van der Waals surface area contributed by atoms with E-state index in [4.69, 9.17) is 9.25 Å². The van der Waals surface area contributed by atoms with Crippen LogP contribution in [0.1, 0.15) is 76.9 Å². The number of rotatable bonds is 6. The van der Waals surface area contributed by atoms with Crippen molar-refractivity contribution in [1.82, 2.24) is 9.88 Å². The summed E-state index contributed by atoms with van der Waals surface area (Å²) in [5, 5.41) is 4.47. The van der Waals surface area contributed by atoms with Gasteiger partial charge in [0.1, 0.15) is 18.2 Å². The van der Waals surface area contributed by atoms with E-state index in [1.807, 2.05) is 14.1 Å². The van der Waals surface area contributed by atoms with Crippen LogP contribution >= 0.6 is 0 Å². The lowest BCUT2D eigenvalue weighted by Crippen LogP contribution is -2.50. The van der Waals surface area contributed by atoms with Crippen molar-refractivity contribution >= 4 is 11.5 Å². The zero-order chi connectivity index (χ0) is 23.2. The van der Waals surface area contributed by atoms with Crippen molar-refractivity contribution in [2.45, 2.75) is 78.2 Å². The third kappa shape index (κ3) is 4.09. The number of hydrogen-bond donors (Lipinski definition) is 0. The van der Waals surface area contributed by atoms with Crippen molar-refractivity contribution in [3.8, 4) is 0 Å². The summed E-state index contributed by atoms with van der Waals surface area (Å²) < 4.78 is 5.75. The van der Waals surface area contributed by atoms with Crippen molar-refractivity contribution in [2.24, 2.45) is 33.7 Å². The van der Waals surface area contributed by atoms with Gasteiger partial charge in [0, 0.05) is 11.8 Å². The van der Waals surface area contributed by atoms with Gasteiger partial charge in [-0.05, 0) is 88.3 Å². The number of nitrogens with zero attached hydrogens (tertiary/aromatic N) is 3. The Morgan fingerprint density at radius 3 is 2.76 bits per heavy atom. The Kier molecular flexibility index (Phi) is 6.00. The minimum atomic E-state index is -0.0378. The average molecular weight is 454 g/mol. The van der Waals surface area contributed by atoms with E-state index in [0.29, 0.717) is 42.5 Å². The highest BCUT2D eigenvalue weighted by Crippen LogP contribution is 2.64. The molecule has 33 heavy (non-hydrogen) atoms. The molecule has 4 aliphatic carbocycles. The molecule has 0 radical (unpaired) electrons. The molecule has 180 valence electrons. The molecular formula is C27H39N3O3. The van der Waals surface area contributed by atoms with Gasteiger partial charge in [0.15, 0.2) is 5.89 Å². The van der Waals surface area contributed by atoms with E-state index in [2.05, 4.69) is 35.0 Å². The molecule has 0 spiro atoms. The fourth-order valence-electron chi connectivity index (χ4n) is 7.52. The lowest BCUT2D eigenvalue weighted by Gasteiger charge is -2.57. The first-order chi connectivity index (χ1) is 15.8. The summed E-state index contributed by atoms with van der Waals surface area (Å²) in [6.07, 6.45) is 13.4. The first kappa shape index (κ1) is 22.8. The molecule has 4 aliphatic rings. The predicted molar refractivity (Wildman–Crippen MR) is 128 cm³/mol. The van der Waals surface area contributed by atoms with Gasteiger partial charge in [-0.3, -0.25) is 4.79 Å². The van der Waals surface area contributed by atoms with Crippen LogP contribution in [0.15, 0.2) is 27.4 Å². The van der Waals surface area contributed by atoms with E-state index >= 15 is 0 Å². The Morgan fingerprint density at radius 2 is 1.94 bits per heavy atom. The first-order valence-electron chi connectivity index (χ1n) is 12.8. The fraction of sp³-hybridized carbons (Fsp3) is 0.741. The summed E-state index contributed by atoms with van der Waals surface area (Å²) >= 11 is 0. The maximum absolute atomic E-state index is 12.6. The van der Waals surface area contributed by atoms with Crippen LogP contribution in [0.3, 0.4) is 0 Å². The molecular weight excluding hydrogens is 414 g/mol. The summed E-state index contributed by atoms with van der Waals surface area (Å²) in [6.45, 7) is 5.98. The maximum Gasteiger partial charge on any atom is 0.197 e. The molecule has 5 rings (SSSR count). The van der Waals surface area contributed by atoms with Gasteiger partial charge in [0.25, 0.3) is 0 Å². The second-order valence-corrected chi connectivity index (χ2v) is 11.5. The quantitative estimate of drug-likeness (QED) is 0.438. The molecule has 6 nitrogen and oxygen atoms in total. The van der Waals surface area contributed by atoms with Crippen molar-refractivity contribution < 1.29 is 14.0 Å². The number of hydrogen-bond acceptors (Lipinski definition) is 6. The van der Waals surface area contributed by atoms with Crippen LogP contribution in [-0.4, -0.2) is 42.1 Å². The normalized spacial score (nSPS) is 37.0. The first-order valence-corrected chi connectivity index (χ1v) is 12.8.